The number of hydrogen-bond donors (Lipinski definition) is 3. The number of fused-ring (bicyclic) bond motifs is 1. The molecule has 0 aromatic carbocycles. The number of hydrogen-bond acceptors (Lipinski definition) is 5. The molecule has 1 aliphatic rings. The maximum absolute atomic E-state index is 11.4. The van der Waals surface area contributed by atoms with Gasteiger partial charge in [0.1, 0.15) is 11.6 Å². The van der Waals surface area contributed by atoms with Crippen molar-refractivity contribution in [1.82, 2.24) is 30.1 Å². The van der Waals surface area contributed by atoms with Gasteiger partial charge in [0.15, 0.2) is 5.96 Å². The third-order valence-electron chi connectivity index (χ3n) is 3.69. The van der Waals surface area contributed by atoms with Gasteiger partial charge in [0.25, 0.3) is 0 Å². The van der Waals surface area contributed by atoms with E-state index in [9.17, 15) is 8.42 Å². The average Bonchev–Trinajstić information content (AvgIpc) is 2.80. The minimum Gasteiger partial charge on any atom is -0.355 e. The zero-order valence-corrected chi connectivity index (χ0v) is 15.7. The summed E-state index contributed by atoms with van der Waals surface area (Å²) in [6.45, 7) is 6.69. The first-order valence-corrected chi connectivity index (χ1v) is 9.83. The standard InChI is InChI=1S/C14H27N7O2S/c1-10-17-12-7-6-11(8-21(12)19-10)18-13(15-4)16-9-14(2,3)20-24(5,22)23/h11,20H,6-9H2,1-5H3,(H2,15,16,18). The summed E-state index contributed by atoms with van der Waals surface area (Å²) >= 11 is 0. The van der Waals surface area contributed by atoms with E-state index >= 15 is 0 Å². The van der Waals surface area contributed by atoms with Crippen LogP contribution >= 0.6 is 0 Å². The monoisotopic (exact) mass is 357 g/mol. The van der Waals surface area contributed by atoms with E-state index in [-0.39, 0.29) is 6.04 Å². The molecule has 0 radical (unpaired) electrons. The summed E-state index contributed by atoms with van der Waals surface area (Å²) in [5.74, 6) is 2.46. The Labute approximate surface area is 143 Å². The fourth-order valence-corrected chi connectivity index (χ4v) is 3.86. The molecule has 9 nitrogen and oxygen atoms in total. The summed E-state index contributed by atoms with van der Waals surface area (Å²) in [5.41, 5.74) is -0.617. The second-order valence-electron chi connectivity index (χ2n) is 6.82. The molecule has 1 aliphatic heterocycles. The molecular formula is C14H27N7O2S. The van der Waals surface area contributed by atoms with E-state index in [4.69, 9.17) is 0 Å². The van der Waals surface area contributed by atoms with Gasteiger partial charge in [-0.05, 0) is 27.2 Å². The summed E-state index contributed by atoms with van der Waals surface area (Å²) in [7, 11) is -1.57. The number of nitrogens with zero attached hydrogens (tertiary/aromatic N) is 4. The normalized spacial score (nSPS) is 19.0. The van der Waals surface area contributed by atoms with E-state index in [1.165, 1.54) is 0 Å². The quantitative estimate of drug-likeness (QED) is 0.479. The fourth-order valence-electron chi connectivity index (χ4n) is 2.78. The molecule has 2 rings (SSSR count). The van der Waals surface area contributed by atoms with E-state index < -0.39 is 15.6 Å². The maximum atomic E-state index is 11.4. The Kier molecular flexibility index (Phi) is 5.49. The second kappa shape index (κ2) is 7.06. The molecule has 1 atom stereocenters. The number of aryl methyl sites for hydroxylation is 2. The number of aliphatic imine (C=N–C) groups is 1. The molecule has 0 saturated carbocycles. The van der Waals surface area contributed by atoms with Crippen molar-refractivity contribution in [3.63, 3.8) is 0 Å². The Morgan fingerprint density at radius 2 is 2.17 bits per heavy atom. The minimum absolute atomic E-state index is 0.204. The van der Waals surface area contributed by atoms with Crippen molar-refractivity contribution in [3.8, 4) is 0 Å². The Bertz CT molecular complexity index is 709. The lowest BCUT2D eigenvalue weighted by Crippen LogP contribution is -2.54. The van der Waals surface area contributed by atoms with Crippen LogP contribution in [0.1, 0.15) is 31.9 Å². The first-order valence-electron chi connectivity index (χ1n) is 7.94. The Morgan fingerprint density at radius 3 is 2.79 bits per heavy atom. The molecule has 0 amide bonds. The van der Waals surface area contributed by atoms with Crippen LogP contribution < -0.4 is 15.4 Å². The van der Waals surface area contributed by atoms with E-state index in [1.807, 2.05) is 25.5 Å². The highest BCUT2D eigenvalue weighted by Gasteiger charge is 2.24. The number of sulfonamides is 1. The van der Waals surface area contributed by atoms with Gasteiger partial charge in [-0.3, -0.25) is 4.99 Å². The van der Waals surface area contributed by atoms with Gasteiger partial charge in [-0.25, -0.2) is 22.8 Å². The Balaban J connectivity index is 1.89. The van der Waals surface area contributed by atoms with Gasteiger partial charge in [-0.15, -0.1) is 0 Å². The molecule has 1 unspecified atom stereocenters. The van der Waals surface area contributed by atoms with Crippen LogP contribution in [0, 0.1) is 6.92 Å². The van der Waals surface area contributed by atoms with Crippen molar-refractivity contribution in [2.24, 2.45) is 4.99 Å². The smallest absolute Gasteiger partial charge is 0.209 e. The van der Waals surface area contributed by atoms with E-state index in [0.717, 1.165) is 37.3 Å². The molecule has 0 saturated heterocycles. The van der Waals surface area contributed by atoms with E-state index in [1.54, 1.807) is 7.05 Å². The average molecular weight is 357 g/mol. The van der Waals surface area contributed by atoms with Crippen LogP contribution in [-0.2, 0) is 23.0 Å². The van der Waals surface area contributed by atoms with Gasteiger partial charge >= 0.3 is 0 Å². The lowest BCUT2D eigenvalue weighted by atomic mass is 10.1. The summed E-state index contributed by atoms with van der Waals surface area (Å²) in [4.78, 5) is 8.62. The molecule has 0 fully saturated rings. The van der Waals surface area contributed by atoms with Crippen LogP contribution in [-0.4, -0.2) is 60.6 Å². The van der Waals surface area contributed by atoms with Gasteiger partial charge in [0, 0.05) is 31.6 Å². The molecule has 0 bridgehead atoms. The number of guanidine groups is 1. The molecule has 3 N–H and O–H groups in total. The van der Waals surface area contributed by atoms with Crippen LogP contribution in [0.5, 0.6) is 0 Å². The lowest BCUT2D eigenvalue weighted by Gasteiger charge is -2.29. The largest absolute Gasteiger partial charge is 0.355 e. The summed E-state index contributed by atoms with van der Waals surface area (Å²) in [6.07, 6.45) is 2.97. The molecular weight excluding hydrogens is 330 g/mol. The van der Waals surface area contributed by atoms with Crippen molar-refractivity contribution in [3.05, 3.63) is 11.6 Å². The summed E-state index contributed by atoms with van der Waals surface area (Å²) in [5, 5.41) is 10.9. The van der Waals surface area contributed by atoms with Crippen molar-refractivity contribution in [2.45, 2.75) is 51.7 Å². The highest BCUT2D eigenvalue weighted by Crippen LogP contribution is 2.12. The molecule has 0 spiro atoms. The van der Waals surface area contributed by atoms with Gasteiger partial charge in [-0.2, -0.15) is 5.10 Å². The molecule has 136 valence electrons. The van der Waals surface area contributed by atoms with E-state index in [0.29, 0.717) is 12.5 Å². The first-order chi connectivity index (χ1) is 11.1. The molecule has 10 heteroatoms. The molecule has 0 aliphatic carbocycles. The van der Waals surface area contributed by atoms with Gasteiger partial charge < -0.3 is 10.6 Å². The van der Waals surface area contributed by atoms with Crippen LogP contribution in [0.2, 0.25) is 0 Å². The van der Waals surface area contributed by atoms with Crippen LogP contribution in [0.25, 0.3) is 0 Å². The summed E-state index contributed by atoms with van der Waals surface area (Å²) in [6, 6.07) is 0.204. The number of aromatic nitrogens is 3. The molecule has 1 aromatic rings. The zero-order chi connectivity index (χ0) is 18.0. The van der Waals surface area contributed by atoms with Crippen molar-refractivity contribution >= 4 is 16.0 Å². The highest BCUT2D eigenvalue weighted by molar-refractivity contribution is 7.88. The number of nitrogens with one attached hydrogen (secondary N) is 3. The first kappa shape index (κ1) is 18.7. The number of rotatable bonds is 5. The van der Waals surface area contributed by atoms with Crippen molar-refractivity contribution in [1.29, 1.82) is 0 Å². The Morgan fingerprint density at radius 1 is 1.46 bits per heavy atom. The van der Waals surface area contributed by atoms with Crippen LogP contribution in [0.3, 0.4) is 0 Å². The van der Waals surface area contributed by atoms with Crippen LogP contribution in [0.4, 0.5) is 0 Å². The zero-order valence-electron chi connectivity index (χ0n) is 14.9. The maximum Gasteiger partial charge on any atom is 0.209 e. The van der Waals surface area contributed by atoms with E-state index in [2.05, 4.69) is 30.4 Å². The second-order valence-corrected chi connectivity index (χ2v) is 8.57. The molecule has 24 heavy (non-hydrogen) atoms. The van der Waals surface area contributed by atoms with Crippen LogP contribution in [0.15, 0.2) is 4.99 Å². The predicted octanol–water partition coefficient (Wildman–Crippen LogP) is -0.606. The van der Waals surface area contributed by atoms with Gasteiger partial charge in [-0.1, -0.05) is 0 Å². The predicted molar refractivity (Wildman–Crippen MR) is 93.4 cm³/mol. The van der Waals surface area contributed by atoms with Gasteiger partial charge in [0.05, 0.1) is 12.8 Å². The third-order valence-corrected chi connectivity index (χ3v) is 4.61. The molecule has 2 heterocycles. The van der Waals surface area contributed by atoms with Crippen molar-refractivity contribution in [2.75, 3.05) is 19.8 Å². The fraction of sp³-hybridized carbons (Fsp3) is 0.786. The van der Waals surface area contributed by atoms with Crippen molar-refractivity contribution < 1.29 is 8.42 Å². The highest BCUT2D eigenvalue weighted by atomic mass is 32.2. The van der Waals surface area contributed by atoms with Gasteiger partial charge in [0.2, 0.25) is 10.0 Å². The third kappa shape index (κ3) is 5.45. The Hall–Kier alpha value is -1.68. The minimum atomic E-state index is -3.26. The topological polar surface area (TPSA) is 113 Å². The lowest BCUT2D eigenvalue weighted by molar-refractivity contribution is 0.388. The molecule has 1 aromatic heterocycles. The summed E-state index contributed by atoms with van der Waals surface area (Å²) < 4.78 is 27.3. The SMILES string of the molecule is CN=C(NCC(C)(C)NS(C)(=O)=O)NC1CCc2nc(C)nn2C1.